The van der Waals surface area contributed by atoms with Crippen LogP contribution in [0, 0.1) is 0 Å². The Morgan fingerprint density at radius 3 is 2.43 bits per heavy atom. The van der Waals surface area contributed by atoms with Gasteiger partial charge in [-0.2, -0.15) is 0 Å². The highest BCUT2D eigenvalue weighted by molar-refractivity contribution is 6.45. The van der Waals surface area contributed by atoms with Gasteiger partial charge in [0, 0.05) is 12.6 Å². The number of rotatable bonds is 8. The van der Waals surface area contributed by atoms with E-state index in [0.29, 0.717) is 16.9 Å². The molecule has 1 aliphatic heterocycles. The van der Waals surface area contributed by atoms with Gasteiger partial charge in [-0.1, -0.05) is 25.5 Å². The normalized spacial score (nSPS) is 16.5. The summed E-state index contributed by atoms with van der Waals surface area (Å²) in [5.74, 6) is -2.90. The number of amides is 6. The second kappa shape index (κ2) is 8.20. The van der Waals surface area contributed by atoms with Crippen molar-refractivity contribution < 1.29 is 24.0 Å². The number of benzene rings is 1. The van der Waals surface area contributed by atoms with E-state index in [-0.39, 0.29) is 24.2 Å². The predicted molar refractivity (Wildman–Crippen MR) is 99.3 cm³/mol. The number of urea groups is 1. The minimum Gasteiger partial charge on any atom is -0.349 e. The van der Waals surface area contributed by atoms with Crippen LogP contribution in [-0.4, -0.2) is 58.6 Å². The second-order valence-electron chi connectivity index (χ2n) is 6.83. The van der Waals surface area contributed by atoms with Crippen LogP contribution in [-0.2, 0) is 14.4 Å². The van der Waals surface area contributed by atoms with E-state index < -0.39 is 30.3 Å². The number of carbonyl (C=O) groups is 5. The maximum atomic E-state index is 12.4. The number of hydrogen-bond acceptors (Lipinski definition) is 5. The molecule has 0 radical (unpaired) electrons. The molecule has 1 aromatic carbocycles. The van der Waals surface area contributed by atoms with Crippen LogP contribution in [0.5, 0.6) is 0 Å². The van der Waals surface area contributed by atoms with E-state index in [1.54, 1.807) is 24.3 Å². The predicted octanol–water partition coefficient (Wildman–Crippen LogP) is 1.11. The number of carbonyl (C=O) groups excluding carboxylic acids is 5. The van der Waals surface area contributed by atoms with Crippen molar-refractivity contribution >= 4 is 35.3 Å². The second-order valence-corrected chi connectivity index (χ2v) is 6.83. The van der Waals surface area contributed by atoms with Crippen LogP contribution < -0.4 is 10.6 Å². The van der Waals surface area contributed by atoms with Gasteiger partial charge < -0.3 is 10.6 Å². The highest BCUT2D eigenvalue weighted by Crippen LogP contribution is 2.22. The number of unbranched alkanes of at least 4 members (excludes halogenated alkanes) is 1. The summed E-state index contributed by atoms with van der Waals surface area (Å²) in [4.78, 5) is 62.5. The lowest BCUT2D eigenvalue weighted by molar-refractivity contribution is -0.143. The molecule has 0 bridgehead atoms. The van der Waals surface area contributed by atoms with Gasteiger partial charge in [-0.25, -0.2) is 9.69 Å². The molecule has 148 valence electrons. The maximum Gasteiger partial charge on any atom is 0.334 e. The molecule has 2 aliphatic rings. The molecule has 9 heteroatoms. The van der Waals surface area contributed by atoms with E-state index in [1.165, 1.54) is 0 Å². The average Bonchev–Trinajstić information content (AvgIpc) is 3.46. The van der Waals surface area contributed by atoms with Gasteiger partial charge in [0.15, 0.2) is 0 Å². The smallest absolute Gasteiger partial charge is 0.334 e. The molecule has 0 spiro atoms. The minimum atomic E-state index is -1.02. The summed E-state index contributed by atoms with van der Waals surface area (Å²) in [5, 5.41) is 5.39. The first kappa shape index (κ1) is 19.5. The third-order valence-electron chi connectivity index (χ3n) is 4.53. The van der Waals surface area contributed by atoms with Crippen LogP contribution in [0.4, 0.5) is 10.5 Å². The minimum absolute atomic E-state index is 0.141. The first-order chi connectivity index (χ1) is 13.4. The molecule has 2 fully saturated rings. The SMILES string of the molecule is CCCCN1C(=O)C(=O)N(CC(=O)Nc2ccccc2C(=O)NC2CC2)C1=O. The summed E-state index contributed by atoms with van der Waals surface area (Å²) in [5.41, 5.74) is 0.571. The molecule has 0 unspecified atom stereocenters. The molecule has 1 heterocycles. The van der Waals surface area contributed by atoms with E-state index in [4.69, 9.17) is 0 Å². The molecule has 3 rings (SSSR count). The summed E-state index contributed by atoms with van der Waals surface area (Å²) in [6.07, 6.45) is 3.20. The first-order valence-electron chi connectivity index (χ1n) is 9.29. The highest BCUT2D eigenvalue weighted by Gasteiger charge is 2.44. The van der Waals surface area contributed by atoms with Crippen molar-refractivity contribution in [1.29, 1.82) is 0 Å². The van der Waals surface area contributed by atoms with Gasteiger partial charge in [0.2, 0.25) is 5.91 Å². The largest absolute Gasteiger partial charge is 0.349 e. The summed E-state index contributed by atoms with van der Waals surface area (Å²) in [6, 6.07) is 5.84. The lowest BCUT2D eigenvalue weighted by atomic mass is 10.1. The molecular weight excluding hydrogens is 364 g/mol. The number of hydrogen-bond donors (Lipinski definition) is 2. The number of imide groups is 2. The van der Waals surface area contributed by atoms with Crippen LogP contribution in [0.3, 0.4) is 0 Å². The third kappa shape index (κ3) is 4.19. The monoisotopic (exact) mass is 386 g/mol. The van der Waals surface area contributed by atoms with Gasteiger partial charge in [-0.15, -0.1) is 0 Å². The summed E-state index contributed by atoms with van der Waals surface area (Å²) >= 11 is 0. The van der Waals surface area contributed by atoms with Gasteiger partial charge in [-0.3, -0.25) is 24.1 Å². The van der Waals surface area contributed by atoms with Crippen LogP contribution in [0.1, 0.15) is 43.0 Å². The van der Waals surface area contributed by atoms with Crippen molar-refractivity contribution in [3.8, 4) is 0 Å². The number of para-hydroxylation sites is 1. The van der Waals surface area contributed by atoms with Crippen LogP contribution >= 0.6 is 0 Å². The zero-order chi connectivity index (χ0) is 20.3. The zero-order valence-electron chi connectivity index (χ0n) is 15.6. The fourth-order valence-corrected chi connectivity index (χ4v) is 2.82. The fraction of sp³-hybridized carbons (Fsp3) is 0.421. The van der Waals surface area contributed by atoms with Crippen molar-refractivity contribution in [2.45, 2.75) is 38.6 Å². The van der Waals surface area contributed by atoms with Crippen LogP contribution in [0.25, 0.3) is 0 Å². The van der Waals surface area contributed by atoms with Gasteiger partial charge in [-0.05, 0) is 31.4 Å². The van der Waals surface area contributed by atoms with Gasteiger partial charge in [0.05, 0.1) is 11.3 Å². The molecule has 6 amide bonds. The van der Waals surface area contributed by atoms with Crippen molar-refractivity contribution in [2.24, 2.45) is 0 Å². The van der Waals surface area contributed by atoms with E-state index >= 15 is 0 Å². The molecular formula is C19H22N4O5. The molecule has 0 atom stereocenters. The number of anilines is 1. The standard InChI is InChI=1S/C19H22N4O5/c1-2-3-10-22-17(26)18(27)23(19(22)28)11-15(24)21-14-7-5-4-6-13(14)16(25)20-12-8-9-12/h4-7,12H,2-3,8-11H2,1H3,(H,20,25)(H,21,24). The number of nitrogens with zero attached hydrogens (tertiary/aromatic N) is 2. The molecule has 9 nitrogen and oxygen atoms in total. The highest BCUT2D eigenvalue weighted by atomic mass is 16.2. The van der Waals surface area contributed by atoms with E-state index in [2.05, 4.69) is 10.6 Å². The molecule has 0 aromatic heterocycles. The van der Waals surface area contributed by atoms with E-state index in [1.807, 2.05) is 6.92 Å². The fourth-order valence-electron chi connectivity index (χ4n) is 2.82. The zero-order valence-corrected chi connectivity index (χ0v) is 15.6. The Hall–Kier alpha value is -3.23. The molecule has 1 saturated heterocycles. The Morgan fingerprint density at radius 1 is 1.07 bits per heavy atom. The van der Waals surface area contributed by atoms with Gasteiger partial charge in [0.1, 0.15) is 6.54 Å². The van der Waals surface area contributed by atoms with Crippen molar-refractivity contribution in [3.05, 3.63) is 29.8 Å². The van der Waals surface area contributed by atoms with Gasteiger partial charge in [0.25, 0.3) is 5.91 Å². The lowest BCUT2D eigenvalue weighted by Crippen LogP contribution is -2.39. The summed E-state index contributed by atoms with van der Waals surface area (Å²) < 4.78 is 0. The van der Waals surface area contributed by atoms with Crippen molar-refractivity contribution in [2.75, 3.05) is 18.4 Å². The Balaban J connectivity index is 1.66. The maximum absolute atomic E-state index is 12.4. The summed E-state index contributed by atoms with van der Waals surface area (Å²) in [7, 11) is 0. The Labute approximate surface area is 162 Å². The third-order valence-corrected chi connectivity index (χ3v) is 4.53. The van der Waals surface area contributed by atoms with E-state index in [9.17, 15) is 24.0 Å². The molecule has 2 N–H and O–H groups in total. The molecule has 1 saturated carbocycles. The Bertz CT molecular complexity index is 833. The quantitative estimate of drug-likeness (QED) is 0.513. The average molecular weight is 386 g/mol. The summed E-state index contributed by atoms with van der Waals surface area (Å²) in [6.45, 7) is 1.45. The van der Waals surface area contributed by atoms with Crippen molar-refractivity contribution in [1.82, 2.24) is 15.1 Å². The van der Waals surface area contributed by atoms with Crippen molar-refractivity contribution in [3.63, 3.8) is 0 Å². The molecule has 1 aromatic rings. The van der Waals surface area contributed by atoms with Crippen LogP contribution in [0.2, 0.25) is 0 Å². The topological polar surface area (TPSA) is 116 Å². The Morgan fingerprint density at radius 2 is 1.75 bits per heavy atom. The van der Waals surface area contributed by atoms with Gasteiger partial charge >= 0.3 is 17.8 Å². The first-order valence-corrected chi connectivity index (χ1v) is 9.29. The number of nitrogens with one attached hydrogen (secondary N) is 2. The lowest BCUT2D eigenvalue weighted by Gasteiger charge is -2.16. The molecule has 28 heavy (non-hydrogen) atoms. The van der Waals surface area contributed by atoms with E-state index in [0.717, 1.165) is 24.2 Å². The Kier molecular flexibility index (Phi) is 5.72. The molecule has 1 aliphatic carbocycles. The van der Waals surface area contributed by atoms with Crippen LogP contribution in [0.15, 0.2) is 24.3 Å².